The maximum Gasteiger partial charge on any atom is 0.416 e. The molecule has 0 saturated carbocycles. The highest BCUT2D eigenvalue weighted by atomic mass is 19.4. The lowest BCUT2D eigenvalue weighted by Crippen LogP contribution is -2.61. The maximum absolute atomic E-state index is 13.9. The van der Waals surface area contributed by atoms with E-state index in [2.05, 4.69) is 14.7 Å². The normalized spacial score (nSPS) is 18.4. The molecule has 50 heavy (non-hydrogen) atoms. The lowest BCUT2D eigenvalue weighted by Gasteiger charge is -2.52. The number of carbonyl (C=O) groups is 2. The highest BCUT2D eigenvalue weighted by Crippen LogP contribution is 2.42. The largest absolute Gasteiger partial charge is 0.479 e. The van der Waals surface area contributed by atoms with Gasteiger partial charge in [0.2, 0.25) is 5.95 Å². The molecule has 2 unspecified atom stereocenters. The second-order valence-corrected chi connectivity index (χ2v) is 13.1. The van der Waals surface area contributed by atoms with Gasteiger partial charge in [-0.3, -0.25) is 0 Å². The molecule has 4 rings (SSSR count). The van der Waals surface area contributed by atoms with Crippen LogP contribution in [-0.2, 0) is 39.6 Å². The molecule has 9 nitrogen and oxygen atoms in total. The number of carbonyl (C=O) groups excluding carboxylic acids is 2. The first-order valence-corrected chi connectivity index (χ1v) is 15.9. The van der Waals surface area contributed by atoms with Gasteiger partial charge in [0.15, 0.2) is 12.4 Å². The van der Waals surface area contributed by atoms with Gasteiger partial charge in [-0.1, -0.05) is 37.3 Å². The molecule has 1 aliphatic rings. The SMILES string of the molecule is CCC1(N(Cc2cc(C(F)(F)F)cc(C(F)(F)F)c2)c2ncc(OCC(=O)OC)cn2)CCN(C(=O)OC(C)(C)C)C(Cc2ccccc2)C1. The van der Waals surface area contributed by atoms with Crippen molar-refractivity contribution in [3.8, 4) is 5.75 Å². The summed E-state index contributed by atoms with van der Waals surface area (Å²) in [5, 5.41) is 0. The molecule has 0 spiro atoms. The summed E-state index contributed by atoms with van der Waals surface area (Å²) in [6.07, 6.45) is -6.82. The molecule has 0 bridgehead atoms. The van der Waals surface area contributed by atoms with Crippen molar-refractivity contribution in [3.63, 3.8) is 0 Å². The zero-order valence-electron chi connectivity index (χ0n) is 28.4. The number of nitrogens with zero attached hydrogens (tertiary/aromatic N) is 4. The highest BCUT2D eigenvalue weighted by molar-refractivity contribution is 5.71. The van der Waals surface area contributed by atoms with Gasteiger partial charge in [0.25, 0.3) is 0 Å². The Bertz CT molecular complexity index is 1580. The van der Waals surface area contributed by atoms with Crippen LogP contribution in [0.3, 0.4) is 0 Å². The Morgan fingerprint density at radius 1 is 0.940 bits per heavy atom. The van der Waals surface area contributed by atoms with E-state index in [1.54, 1.807) is 30.6 Å². The van der Waals surface area contributed by atoms with Gasteiger partial charge in [-0.15, -0.1) is 0 Å². The predicted molar refractivity (Wildman–Crippen MR) is 171 cm³/mol. The van der Waals surface area contributed by atoms with Crippen LogP contribution in [-0.4, -0.2) is 64.4 Å². The number of piperidine rings is 1. The molecule has 1 aliphatic heterocycles. The minimum atomic E-state index is -5.04. The van der Waals surface area contributed by atoms with Crippen molar-refractivity contribution in [2.75, 3.05) is 25.2 Å². The van der Waals surface area contributed by atoms with E-state index >= 15 is 0 Å². The number of halogens is 6. The first-order chi connectivity index (χ1) is 23.3. The number of anilines is 1. The summed E-state index contributed by atoms with van der Waals surface area (Å²) < 4.78 is 99.0. The fourth-order valence-corrected chi connectivity index (χ4v) is 6.02. The highest BCUT2D eigenvalue weighted by Gasteiger charge is 2.46. The van der Waals surface area contributed by atoms with Gasteiger partial charge in [-0.2, -0.15) is 26.3 Å². The molecular weight excluding hydrogens is 670 g/mol. The van der Waals surface area contributed by atoms with Crippen LogP contribution in [0.5, 0.6) is 5.75 Å². The Labute approximate surface area is 286 Å². The van der Waals surface area contributed by atoms with Crippen LogP contribution >= 0.6 is 0 Å². The minimum absolute atomic E-state index is 0.00687. The molecule has 0 aliphatic carbocycles. The van der Waals surface area contributed by atoms with E-state index in [1.165, 1.54) is 19.5 Å². The lowest BCUT2D eigenvalue weighted by molar-refractivity contribution is -0.144. The molecule has 0 radical (unpaired) electrons. The molecule has 1 amide bonds. The van der Waals surface area contributed by atoms with E-state index in [1.807, 2.05) is 37.3 Å². The Kier molecular flexibility index (Phi) is 11.6. The summed E-state index contributed by atoms with van der Waals surface area (Å²) in [6, 6.07) is 10.4. The molecule has 272 valence electrons. The van der Waals surface area contributed by atoms with E-state index in [4.69, 9.17) is 9.47 Å². The van der Waals surface area contributed by atoms with Crippen molar-refractivity contribution in [1.29, 1.82) is 0 Å². The Morgan fingerprint density at radius 2 is 1.54 bits per heavy atom. The smallest absolute Gasteiger partial charge is 0.416 e. The number of benzene rings is 2. The van der Waals surface area contributed by atoms with Crippen molar-refractivity contribution < 1.29 is 50.1 Å². The van der Waals surface area contributed by atoms with Gasteiger partial charge < -0.3 is 24.0 Å². The molecule has 2 atom stereocenters. The number of likely N-dealkylation sites (tertiary alicyclic amines) is 1. The lowest BCUT2D eigenvalue weighted by atomic mass is 9.77. The number of methoxy groups -OCH3 is 1. The van der Waals surface area contributed by atoms with Crippen molar-refractivity contribution >= 4 is 18.0 Å². The number of alkyl halides is 6. The van der Waals surface area contributed by atoms with Gasteiger partial charge in [-0.05, 0) is 75.8 Å². The second kappa shape index (κ2) is 15.1. The van der Waals surface area contributed by atoms with Gasteiger partial charge in [0, 0.05) is 24.7 Å². The summed E-state index contributed by atoms with van der Waals surface area (Å²) in [6.45, 7) is 6.42. The molecular formula is C35H40F6N4O5. The van der Waals surface area contributed by atoms with Gasteiger partial charge in [-0.25, -0.2) is 19.6 Å². The molecule has 3 aromatic rings. The van der Waals surface area contributed by atoms with Crippen molar-refractivity contribution in [1.82, 2.24) is 14.9 Å². The molecule has 2 heterocycles. The Morgan fingerprint density at radius 3 is 2.06 bits per heavy atom. The number of esters is 1. The average molecular weight is 711 g/mol. The summed E-state index contributed by atoms with van der Waals surface area (Å²) in [5.74, 6) is -0.566. The molecule has 2 aromatic carbocycles. The van der Waals surface area contributed by atoms with E-state index in [0.29, 0.717) is 25.0 Å². The number of aromatic nitrogens is 2. The zero-order chi connectivity index (χ0) is 36.9. The van der Waals surface area contributed by atoms with Crippen LogP contribution in [0, 0.1) is 0 Å². The van der Waals surface area contributed by atoms with Crippen molar-refractivity contribution in [2.45, 2.75) is 89.5 Å². The molecule has 0 N–H and O–H groups in total. The zero-order valence-corrected chi connectivity index (χ0v) is 28.4. The fourth-order valence-electron chi connectivity index (χ4n) is 6.02. The quantitative estimate of drug-likeness (QED) is 0.155. The predicted octanol–water partition coefficient (Wildman–Crippen LogP) is 7.86. The standard InChI is InChI=1S/C35H40F6N4O5/c1-6-33(12-13-44(31(47)50-32(2,3)4)27(18-33)16-23-10-8-7-9-11-23)45(30-42-19-28(20-43-30)49-22-29(46)48-5)21-24-14-25(34(36,37)38)17-26(15-24)35(39,40)41/h7-11,14-15,17,19-20,27H,6,12-13,16,18,21-22H2,1-5H3. The average Bonchev–Trinajstić information content (AvgIpc) is 3.05. The third-order valence-electron chi connectivity index (χ3n) is 8.48. The summed E-state index contributed by atoms with van der Waals surface area (Å²) in [5.41, 5.74) is -3.96. The minimum Gasteiger partial charge on any atom is -0.479 e. The third-order valence-corrected chi connectivity index (χ3v) is 8.48. The summed E-state index contributed by atoms with van der Waals surface area (Å²) >= 11 is 0. The van der Waals surface area contributed by atoms with E-state index in [0.717, 1.165) is 5.56 Å². The van der Waals surface area contributed by atoms with E-state index in [-0.39, 0.29) is 42.7 Å². The topological polar surface area (TPSA) is 94.1 Å². The van der Waals surface area contributed by atoms with Crippen LogP contribution in [0.25, 0.3) is 0 Å². The van der Waals surface area contributed by atoms with Gasteiger partial charge >= 0.3 is 24.4 Å². The van der Waals surface area contributed by atoms with Gasteiger partial charge in [0.1, 0.15) is 5.60 Å². The van der Waals surface area contributed by atoms with Crippen LogP contribution < -0.4 is 9.64 Å². The molecule has 1 fully saturated rings. The van der Waals surface area contributed by atoms with Crippen molar-refractivity contribution in [2.24, 2.45) is 0 Å². The maximum atomic E-state index is 13.9. The van der Waals surface area contributed by atoms with Crippen LogP contribution in [0.4, 0.5) is 37.1 Å². The van der Waals surface area contributed by atoms with Crippen LogP contribution in [0.1, 0.15) is 69.2 Å². The second-order valence-electron chi connectivity index (χ2n) is 13.1. The summed E-state index contributed by atoms with van der Waals surface area (Å²) in [4.78, 5) is 37.1. The summed E-state index contributed by atoms with van der Waals surface area (Å²) in [7, 11) is 1.19. The number of amides is 1. The number of rotatable bonds is 10. The van der Waals surface area contributed by atoms with Crippen LogP contribution in [0.2, 0.25) is 0 Å². The van der Waals surface area contributed by atoms with E-state index in [9.17, 15) is 35.9 Å². The Balaban J connectivity index is 1.82. The van der Waals surface area contributed by atoms with Gasteiger partial charge in [0.05, 0.1) is 30.6 Å². The monoisotopic (exact) mass is 710 g/mol. The number of ether oxygens (including phenoxy) is 3. The van der Waals surface area contributed by atoms with E-state index < -0.39 is 65.9 Å². The Hall–Kier alpha value is -4.56. The molecule has 1 aromatic heterocycles. The first kappa shape index (κ1) is 38.2. The van der Waals surface area contributed by atoms with Crippen LogP contribution in [0.15, 0.2) is 60.9 Å². The van der Waals surface area contributed by atoms with Crippen molar-refractivity contribution in [3.05, 3.63) is 83.2 Å². The number of hydrogen-bond donors (Lipinski definition) is 0. The number of hydrogen-bond acceptors (Lipinski definition) is 8. The molecule has 15 heteroatoms. The fraction of sp³-hybridized carbons (Fsp3) is 0.486. The third kappa shape index (κ3) is 9.78. The molecule has 1 saturated heterocycles. The first-order valence-electron chi connectivity index (χ1n) is 15.9.